The van der Waals surface area contributed by atoms with Crippen molar-refractivity contribution in [3.8, 4) is 0 Å². The number of benzene rings is 3. The van der Waals surface area contributed by atoms with E-state index in [1.54, 1.807) is 0 Å². The molecule has 2 atom stereocenters. The number of piperidine rings is 1. The second-order valence-corrected chi connectivity index (χ2v) is 10.4. The number of rotatable bonds is 3. The molecule has 2 unspecified atom stereocenters. The lowest BCUT2D eigenvalue weighted by molar-refractivity contribution is -0.121. The number of amides is 2. The van der Waals surface area contributed by atoms with Crippen LogP contribution in [0.15, 0.2) is 69.6 Å². The lowest BCUT2D eigenvalue weighted by Gasteiger charge is -2.38. The summed E-state index contributed by atoms with van der Waals surface area (Å²) >= 11 is 3.48. The standard InChI is InChI=1S/C28H25BrN2O3/c1-16-12-18(29)6-10-22(16)28(33)31-20-8-9-21(31)14-17(13-20)27(32)30-19-7-11-26-24(15-19)23-4-2-3-5-25(23)34-26/h2-7,10-12,15,17,20-21H,8-9,13-14H2,1H3,(H,30,32). The van der Waals surface area contributed by atoms with Crippen LogP contribution in [0, 0.1) is 12.8 Å². The molecule has 2 aliphatic rings. The number of nitrogens with zero attached hydrogens (tertiary/aromatic N) is 1. The summed E-state index contributed by atoms with van der Waals surface area (Å²) in [6.07, 6.45) is 3.34. The summed E-state index contributed by atoms with van der Waals surface area (Å²) in [6.45, 7) is 1.97. The van der Waals surface area contributed by atoms with Crippen LogP contribution < -0.4 is 5.32 Å². The SMILES string of the molecule is Cc1cc(Br)ccc1C(=O)N1C2CCC1CC(C(=O)Nc1ccc3oc4ccccc4c3c1)C2. The summed E-state index contributed by atoms with van der Waals surface area (Å²) < 4.78 is 6.87. The van der Waals surface area contributed by atoms with Gasteiger partial charge in [0.15, 0.2) is 0 Å². The van der Waals surface area contributed by atoms with E-state index in [0.29, 0.717) is 12.8 Å². The second-order valence-electron chi connectivity index (χ2n) is 9.52. The number of halogens is 1. The Morgan fingerprint density at radius 2 is 1.68 bits per heavy atom. The predicted molar refractivity (Wildman–Crippen MR) is 137 cm³/mol. The summed E-state index contributed by atoms with van der Waals surface area (Å²) in [5.74, 6) is 0.0361. The maximum absolute atomic E-state index is 13.4. The molecule has 2 saturated heterocycles. The summed E-state index contributed by atoms with van der Waals surface area (Å²) in [4.78, 5) is 28.6. The highest BCUT2D eigenvalue weighted by atomic mass is 79.9. The second kappa shape index (κ2) is 8.27. The van der Waals surface area contributed by atoms with Gasteiger partial charge in [0, 0.05) is 44.5 Å². The third kappa shape index (κ3) is 3.61. The molecule has 2 amide bonds. The number of aryl methyl sites for hydroxylation is 1. The minimum atomic E-state index is -0.0932. The van der Waals surface area contributed by atoms with Gasteiger partial charge in [0.1, 0.15) is 11.2 Å². The number of anilines is 1. The first-order chi connectivity index (χ1) is 16.5. The first-order valence-electron chi connectivity index (χ1n) is 11.8. The quantitative estimate of drug-likeness (QED) is 0.330. The zero-order chi connectivity index (χ0) is 23.4. The molecule has 0 aliphatic carbocycles. The van der Waals surface area contributed by atoms with Crippen molar-refractivity contribution in [1.82, 2.24) is 4.90 Å². The van der Waals surface area contributed by atoms with Gasteiger partial charge < -0.3 is 14.6 Å². The van der Waals surface area contributed by atoms with E-state index in [2.05, 4.69) is 21.2 Å². The molecule has 5 nitrogen and oxygen atoms in total. The van der Waals surface area contributed by atoms with Crippen molar-refractivity contribution in [3.05, 3.63) is 76.3 Å². The molecule has 2 fully saturated rings. The Balaban J connectivity index is 1.19. The van der Waals surface area contributed by atoms with Gasteiger partial charge in [-0.25, -0.2) is 0 Å². The molecule has 172 valence electrons. The van der Waals surface area contributed by atoms with Gasteiger partial charge in [0.25, 0.3) is 5.91 Å². The van der Waals surface area contributed by atoms with Crippen molar-refractivity contribution in [1.29, 1.82) is 0 Å². The van der Waals surface area contributed by atoms with Gasteiger partial charge in [-0.15, -0.1) is 0 Å². The number of hydrogen-bond acceptors (Lipinski definition) is 3. The van der Waals surface area contributed by atoms with Crippen molar-refractivity contribution in [2.24, 2.45) is 5.92 Å². The number of fused-ring (bicyclic) bond motifs is 5. The van der Waals surface area contributed by atoms with Crippen LogP contribution in [-0.4, -0.2) is 28.8 Å². The minimum absolute atomic E-state index is 0.0379. The van der Waals surface area contributed by atoms with E-state index in [9.17, 15) is 9.59 Å². The van der Waals surface area contributed by atoms with Gasteiger partial charge in [-0.1, -0.05) is 34.1 Å². The van der Waals surface area contributed by atoms with Crippen LogP contribution in [0.5, 0.6) is 0 Å². The first kappa shape index (κ1) is 21.4. The molecular formula is C28H25BrN2O3. The first-order valence-corrected chi connectivity index (χ1v) is 12.6. The van der Waals surface area contributed by atoms with Crippen molar-refractivity contribution in [2.45, 2.75) is 44.7 Å². The molecule has 4 aromatic rings. The van der Waals surface area contributed by atoms with E-state index < -0.39 is 0 Å². The van der Waals surface area contributed by atoms with Crippen LogP contribution in [0.3, 0.4) is 0 Å². The normalized spacial score (nSPS) is 21.8. The van der Waals surface area contributed by atoms with Gasteiger partial charge in [-0.2, -0.15) is 0 Å². The van der Waals surface area contributed by atoms with Crippen LogP contribution in [0.2, 0.25) is 0 Å². The van der Waals surface area contributed by atoms with Crippen molar-refractivity contribution >= 4 is 55.4 Å². The minimum Gasteiger partial charge on any atom is -0.456 e. The van der Waals surface area contributed by atoms with Crippen LogP contribution in [0.25, 0.3) is 21.9 Å². The summed E-state index contributed by atoms with van der Waals surface area (Å²) in [5, 5.41) is 5.17. The molecule has 6 rings (SSSR count). The number of hydrogen-bond donors (Lipinski definition) is 1. The number of furan rings is 1. The Hall–Kier alpha value is -3.12. The fourth-order valence-corrected chi connectivity index (χ4v) is 6.25. The molecular weight excluding hydrogens is 492 g/mol. The molecule has 0 spiro atoms. The molecule has 1 aromatic heterocycles. The molecule has 2 bridgehead atoms. The highest BCUT2D eigenvalue weighted by molar-refractivity contribution is 9.10. The van der Waals surface area contributed by atoms with Crippen LogP contribution in [0.4, 0.5) is 5.69 Å². The van der Waals surface area contributed by atoms with Gasteiger partial charge in [0.2, 0.25) is 5.91 Å². The van der Waals surface area contributed by atoms with Crippen molar-refractivity contribution < 1.29 is 14.0 Å². The van der Waals surface area contributed by atoms with E-state index in [-0.39, 0.29) is 29.8 Å². The van der Waals surface area contributed by atoms with Gasteiger partial charge in [0.05, 0.1) is 0 Å². The molecule has 2 aliphatic heterocycles. The lowest BCUT2D eigenvalue weighted by Crippen LogP contribution is -2.48. The Morgan fingerprint density at radius 1 is 0.941 bits per heavy atom. The van der Waals surface area contributed by atoms with Gasteiger partial charge >= 0.3 is 0 Å². The Labute approximate surface area is 206 Å². The molecule has 0 saturated carbocycles. The largest absolute Gasteiger partial charge is 0.456 e. The summed E-state index contributed by atoms with van der Waals surface area (Å²) in [6, 6.07) is 19.8. The number of nitrogens with one attached hydrogen (secondary N) is 1. The maximum atomic E-state index is 13.4. The van der Waals surface area contributed by atoms with Gasteiger partial charge in [-0.3, -0.25) is 9.59 Å². The lowest BCUT2D eigenvalue weighted by atomic mass is 9.89. The summed E-state index contributed by atoms with van der Waals surface area (Å²) in [7, 11) is 0. The van der Waals surface area contributed by atoms with Crippen molar-refractivity contribution in [2.75, 3.05) is 5.32 Å². The average Bonchev–Trinajstić information content (AvgIpc) is 3.32. The zero-order valence-electron chi connectivity index (χ0n) is 18.9. The third-order valence-corrected chi connectivity index (χ3v) is 7.89. The van der Waals surface area contributed by atoms with Crippen LogP contribution in [-0.2, 0) is 4.79 Å². The average molecular weight is 517 g/mol. The topological polar surface area (TPSA) is 62.6 Å². The van der Waals surface area contributed by atoms with E-state index in [0.717, 1.165) is 56.1 Å². The fourth-order valence-electron chi connectivity index (χ4n) is 5.78. The highest BCUT2D eigenvalue weighted by Crippen LogP contribution is 2.40. The Morgan fingerprint density at radius 3 is 2.44 bits per heavy atom. The fraction of sp³-hybridized carbons (Fsp3) is 0.286. The summed E-state index contributed by atoms with van der Waals surface area (Å²) in [5.41, 5.74) is 4.16. The van der Waals surface area contributed by atoms with E-state index in [1.807, 2.05) is 72.5 Å². The number of para-hydroxylation sites is 1. The van der Waals surface area contributed by atoms with Crippen LogP contribution >= 0.6 is 15.9 Å². The molecule has 3 aromatic carbocycles. The monoisotopic (exact) mass is 516 g/mol. The predicted octanol–water partition coefficient (Wildman–Crippen LogP) is 6.68. The molecule has 1 N–H and O–H groups in total. The molecule has 3 heterocycles. The number of carbonyl (C=O) groups excluding carboxylic acids is 2. The van der Waals surface area contributed by atoms with E-state index in [1.165, 1.54) is 0 Å². The smallest absolute Gasteiger partial charge is 0.254 e. The molecule has 0 radical (unpaired) electrons. The molecule has 34 heavy (non-hydrogen) atoms. The molecule has 6 heteroatoms. The van der Waals surface area contributed by atoms with Gasteiger partial charge in [-0.05, 0) is 80.6 Å². The Kier molecular flexibility index (Phi) is 5.21. The van der Waals surface area contributed by atoms with E-state index >= 15 is 0 Å². The third-order valence-electron chi connectivity index (χ3n) is 7.40. The number of carbonyl (C=O) groups is 2. The van der Waals surface area contributed by atoms with E-state index in [4.69, 9.17) is 4.42 Å². The maximum Gasteiger partial charge on any atom is 0.254 e. The van der Waals surface area contributed by atoms with Crippen LogP contribution in [0.1, 0.15) is 41.6 Å². The van der Waals surface area contributed by atoms with Crippen molar-refractivity contribution in [3.63, 3.8) is 0 Å². The Bertz CT molecular complexity index is 1430. The highest BCUT2D eigenvalue weighted by Gasteiger charge is 2.45. The zero-order valence-corrected chi connectivity index (χ0v) is 20.5.